The van der Waals surface area contributed by atoms with Crippen LogP contribution >= 0.6 is 0 Å². The molecule has 4 N–H and O–H groups in total. The quantitative estimate of drug-likeness (QED) is 0.341. The first kappa shape index (κ1) is 22.9. The highest BCUT2D eigenvalue weighted by molar-refractivity contribution is 7.83. The van der Waals surface area contributed by atoms with E-state index in [0.29, 0.717) is 31.6 Å². The van der Waals surface area contributed by atoms with Crippen molar-refractivity contribution in [2.45, 2.75) is 37.8 Å². The van der Waals surface area contributed by atoms with Gasteiger partial charge in [-0.3, -0.25) is 4.79 Å². The molecule has 1 amide bonds. The van der Waals surface area contributed by atoms with Gasteiger partial charge in [-0.25, -0.2) is 8.93 Å². The molecule has 0 aliphatic carbocycles. The average Bonchev–Trinajstić information content (AvgIpc) is 2.75. The molecule has 2 aromatic carbocycles. The molecule has 7 heteroatoms. The van der Waals surface area contributed by atoms with Crippen molar-refractivity contribution in [2.24, 2.45) is 5.73 Å². The normalized spacial score (nSPS) is 14.0. The Balaban J connectivity index is 1.61. The van der Waals surface area contributed by atoms with Gasteiger partial charge in [-0.05, 0) is 36.8 Å². The van der Waals surface area contributed by atoms with Crippen LogP contribution in [0.15, 0.2) is 60.7 Å². The molecule has 0 bridgehead atoms. The monoisotopic (exact) mass is 415 g/mol. The topological polar surface area (TPSA) is 101 Å². The number of benzene rings is 2. The molecule has 2 rings (SSSR count). The molecule has 6 nitrogen and oxygen atoms in total. The van der Waals surface area contributed by atoms with E-state index in [9.17, 15) is 13.8 Å². The maximum atomic E-state index is 12.1. The van der Waals surface area contributed by atoms with Crippen LogP contribution in [0.3, 0.4) is 0 Å². The van der Waals surface area contributed by atoms with Crippen LogP contribution in [0, 0.1) is 0 Å². The van der Waals surface area contributed by atoms with Gasteiger partial charge in [0.05, 0.1) is 23.1 Å². The first-order valence-corrected chi connectivity index (χ1v) is 11.1. The average molecular weight is 416 g/mol. The molecule has 0 radical (unpaired) electrons. The maximum absolute atomic E-state index is 12.1. The summed E-state index contributed by atoms with van der Waals surface area (Å²) < 4.78 is 15.0. The van der Waals surface area contributed by atoms with Crippen LogP contribution in [0.25, 0.3) is 0 Å². The Morgan fingerprint density at radius 2 is 1.66 bits per heavy atom. The molecule has 0 fully saturated rings. The largest absolute Gasteiger partial charge is 0.355 e. The van der Waals surface area contributed by atoms with Crippen LogP contribution in [0.2, 0.25) is 0 Å². The van der Waals surface area contributed by atoms with Gasteiger partial charge in [0, 0.05) is 12.3 Å². The lowest BCUT2D eigenvalue weighted by Gasteiger charge is -2.14. The molecular weight excluding hydrogens is 386 g/mol. The van der Waals surface area contributed by atoms with Gasteiger partial charge in [-0.2, -0.15) is 0 Å². The van der Waals surface area contributed by atoms with Gasteiger partial charge < -0.3 is 15.8 Å². The fourth-order valence-electron chi connectivity index (χ4n) is 2.86. The van der Waals surface area contributed by atoms with Gasteiger partial charge in [0.1, 0.15) is 6.29 Å². The highest BCUT2D eigenvalue weighted by Crippen LogP contribution is 2.05. The molecule has 156 valence electrons. The summed E-state index contributed by atoms with van der Waals surface area (Å²) in [5.41, 5.74) is 8.08. The molecule has 0 aromatic heterocycles. The summed E-state index contributed by atoms with van der Waals surface area (Å²) in [6.45, 7) is 0.393. The molecule has 29 heavy (non-hydrogen) atoms. The van der Waals surface area contributed by atoms with Crippen molar-refractivity contribution in [1.82, 2.24) is 10.0 Å². The van der Waals surface area contributed by atoms with Gasteiger partial charge in [0.25, 0.3) is 0 Å². The van der Waals surface area contributed by atoms with E-state index in [1.54, 1.807) is 0 Å². The molecule has 2 aromatic rings. The minimum absolute atomic E-state index is 0.221. The number of hydrogen-bond donors (Lipinski definition) is 3. The first-order chi connectivity index (χ1) is 14.1. The van der Waals surface area contributed by atoms with Crippen LogP contribution in [0.4, 0.5) is 0 Å². The number of amides is 1. The molecule has 0 spiro atoms. The molecule has 0 saturated heterocycles. The Labute approximate surface area is 174 Å². The van der Waals surface area contributed by atoms with Crippen molar-refractivity contribution in [2.75, 3.05) is 12.3 Å². The van der Waals surface area contributed by atoms with Crippen molar-refractivity contribution in [3.63, 3.8) is 0 Å². The SMILES string of the molecule is NC(Cc1ccccc1)C(=O)NCCCS(=O)NC(C=O)CCc1ccccc1. The second-order valence-corrected chi connectivity index (χ2v) is 8.21. The van der Waals surface area contributed by atoms with Gasteiger partial charge in [0.2, 0.25) is 5.91 Å². The number of nitrogens with two attached hydrogens (primary N) is 1. The number of hydrogen-bond acceptors (Lipinski definition) is 4. The van der Waals surface area contributed by atoms with Crippen molar-refractivity contribution in [3.8, 4) is 0 Å². The highest BCUT2D eigenvalue weighted by atomic mass is 32.2. The van der Waals surface area contributed by atoms with Crippen molar-refractivity contribution in [1.29, 1.82) is 0 Å². The smallest absolute Gasteiger partial charge is 0.237 e. The lowest BCUT2D eigenvalue weighted by atomic mass is 10.1. The minimum Gasteiger partial charge on any atom is -0.355 e. The number of carbonyl (C=O) groups is 2. The fraction of sp³-hybridized carbons (Fsp3) is 0.364. The molecule has 3 atom stereocenters. The van der Waals surface area contributed by atoms with Crippen molar-refractivity contribution < 1.29 is 13.8 Å². The molecule has 0 heterocycles. The Hall–Kier alpha value is -2.35. The summed E-state index contributed by atoms with van der Waals surface area (Å²) in [4.78, 5) is 23.3. The Bertz CT molecular complexity index is 771. The third-order valence-electron chi connectivity index (χ3n) is 4.47. The van der Waals surface area contributed by atoms with Gasteiger partial charge in [-0.1, -0.05) is 60.7 Å². The Morgan fingerprint density at radius 3 is 2.28 bits per heavy atom. The molecule has 0 saturated carbocycles. The highest BCUT2D eigenvalue weighted by Gasteiger charge is 2.14. The lowest BCUT2D eigenvalue weighted by molar-refractivity contribution is -0.122. The summed E-state index contributed by atoms with van der Waals surface area (Å²) in [6, 6.07) is 18.4. The number of aryl methyl sites for hydroxylation is 1. The van der Waals surface area contributed by atoms with Gasteiger partial charge in [0.15, 0.2) is 0 Å². The summed E-state index contributed by atoms with van der Waals surface area (Å²) in [7, 11) is -1.33. The van der Waals surface area contributed by atoms with Crippen LogP contribution in [0.1, 0.15) is 24.0 Å². The Morgan fingerprint density at radius 1 is 1.03 bits per heavy atom. The van der Waals surface area contributed by atoms with Crippen LogP contribution in [-0.4, -0.2) is 40.8 Å². The zero-order valence-electron chi connectivity index (χ0n) is 16.5. The second kappa shape index (κ2) is 13.0. The predicted octanol–water partition coefficient (Wildman–Crippen LogP) is 1.52. The van der Waals surface area contributed by atoms with Crippen LogP contribution in [-0.2, 0) is 33.4 Å². The minimum atomic E-state index is -1.33. The van der Waals surface area contributed by atoms with E-state index in [2.05, 4.69) is 10.0 Å². The molecular formula is C22H29N3O3S. The van der Waals surface area contributed by atoms with E-state index in [1.165, 1.54) is 0 Å². The first-order valence-electron chi connectivity index (χ1n) is 9.79. The summed E-state index contributed by atoms with van der Waals surface area (Å²) in [5, 5.41) is 2.78. The van der Waals surface area contributed by atoms with Gasteiger partial charge >= 0.3 is 0 Å². The predicted molar refractivity (Wildman–Crippen MR) is 117 cm³/mol. The summed E-state index contributed by atoms with van der Waals surface area (Å²) in [6.07, 6.45) is 3.13. The van der Waals surface area contributed by atoms with E-state index in [1.807, 2.05) is 60.7 Å². The third kappa shape index (κ3) is 9.13. The van der Waals surface area contributed by atoms with E-state index < -0.39 is 23.1 Å². The zero-order chi connectivity index (χ0) is 20.9. The molecule has 0 aliphatic rings. The zero-order valence-corrected chi connectivity index (χ0v) is 17.3. The van der Waals surface area contributed by atoms with E-state index >= 15 is 0 Å². The lowest BCUT2D eigenvalue weighted by Crippen LogP contribution is -2.42. The van der Waals surface area contributed by atoms with E-state index in [-0.39, 0.29) is 5.91 Å². The van der Waals surface area contributed by atoms with Gasteiger partial charge in [-0.15, -0.1) is 0 Å². The number of rotatable bonds is 13. The Kier molecular flexibility index (Phi) is 10.3. The van der Waals surface area contributed by atoms with Crippen molar-refractivity contribution >= 4 is 23.2 Å². The standard InChI is InChI=1S/C22H29N3O3S/c23-21(16-19-10-5-2-6-11-19)22(27)24-14-7-15-29(28)25-20(17-26)13-12-18-8-3-1-4-9-18/h1-6,8-11,17,20-21,25H,7,12-16,23H2,(H,24,27). The summed E-state index contributed by atoms with van der Waals surface area (Å²) >= 11 is 0. The second-order valence-electron chi connectivity index (χ2n) is 6.88. The van der Waals surface area contributed by atoms with Crippen LogP contribution < -0.4 is 15.8 Å². The number of carbonyl (C=O) groups excluding carboxylic acids is 2. The number of nitrogens with one attached hydrogen (secondary N) is 2. The number of aldehydes is 1. The third-order valence-corrected chi connectivity index (χ3v) is 5.70. The molecule has 3 unspecified atom stereocenters. The molecule has 0 aliphatic heterocycles. The van der Waals surface area contributed by atoms with E-state index in [0.717, 1.165) is 23.8 Å². The van der Waals surface area contributed by atoms with E-state index in [4.69, 9.17) is 5.73 Å². The maximum Gasteiger partial charge on any atom is 0.237 e. The van der Waals surface area contributed by atoms with Crippen molar-refractivity contribution in [3.05, 3.63) is 71.8 Å². The fourth-order valence-corrected chi connectivity index (χ4v) is 3.89. The van der Waals surface area contributed by atoms with Crippen LogP contribution in [0.5, 0.6) is 0 Å². The summed E-state index contributed by atoms with van der Waals surface area (Å²) in [5.74, 6) is 0.130.